The summed E-state index contributed by atoms with van der Waals surface area (Å²) < 4.78 is 5.45. The molecular formula is C14H27NO3. The molecule has 4 heteroatoms. The Balaban J connectivity index is 2.28. The second-order valence-electron chi connectivity index (χ2n) is 6.19. The fraction of sp³-hybridized carbons (Fsp3) is 0.929. The SMILES string of the molecule is COC1(CC(=O)NCC(C)(C)CCCO)CCC1. The minimum absolute atomic E-state index is 0.0399. The lowest BCUT2D eigenvalue weighted by atomic mass is 9.77. The quantitative estimate of drug-likeness (QED) is 0.698. The molecule has 2 N–H and O–H groups in total. The van der Waals surface area contributed by atoms with Crippen molar-refractivity contribution in [3.05, 3.63) is 0 Å². The summed E-state index contributed by atoms with van der Waals surface area (Å²) in [4.78, 5) is 11.9. The Hall–Kier alpha value is -0.610. The van der Waals surface area contributed by atoms with E-state index in [0.29, 0.717) is 13.0 Å². The number of carbonyl (C=O) groups excluding carboxylic acids is 1. The summed E-state index contributed by atoms with van der Waals surface area (Å²) in [6.45, 7) is 5.09. The van der Waals surface area contributed by atoms with Gasteiger partial charge in [-0.15, -0.1) is 0 Å². The lowest BCUT2D eigenvalue weighted by Gasteiger charge is -2.40. The number of carbonyl (C=O) groups is 1. The fourth-order valence-corrected chi connectivity index (χ4v) is 2.36. The molecule has 0 radical (unpaired) electrons. The first-order valence-corrected chi connectivity index (χ1v) is 6.86. The molecule has 1 aliphatic carbocycles. The molecular weight excluding hydrogens is 230 g/mol. The first-order chi connectivity index (χ1) is 8.43. The van der Waals surface area contributed by atoms with Crippen LogP contribution in [0.15, 0.2) is 0 Å². The summed E-state index contributed by atoms with van der Waals surface area (Å²) in [5, 5.41) is 11.8. The fourth-order valence-electron chi connectivity index (χ4n) is 2.36. The van der Waals surface area contributed by atoms with Gasteiger partial charge < -0.3 is 15.2 Å². The molecule has 4 nitrogen and oxygen atoms in total. The van der Waals surface area contributed by atoms with Gasteiger partial charge in [0.15, 0.2) is 0 Å². The molecule has 0 spiro atoms. The number of amides is 1. The van der Waals surface area contributed by atoms with E-state index in [2.05, 4.69) is 19.2 Å². The maximum Gasteiger partial charge on any atom is 0.222 e. The van der Waals surface area contributed by atoms with E-state index >= 15 is 0 Å². The van der Waals surface area contributed by atoms with Crippen LogP contribution in [0.1, 0.15) is 52.4 Å². The van der Waals surface area contributed by atoms with Gasteiger partial charge in [-0.25, -0.2) is 0 Å². The van der Waals surface area contributed by atoms with E-state index in [9.17, 15) is 4.79 Å². The monoisotopic (exact) mass is 257 g/mol. The van der Waals surface area contributed by atoms with Crippen molar-refractivity contribution in [1.29, 1.82) is 0 Å². The molecule has 0 bridgehead atoms. The molecule has 1 rings (SSSR count). The zero-order valence-corrected chi connectivity index (χ0v) is 11.9. The number of nitrogens with one attached hydrogen (secondary N) is 1. The highest BCUT2D eigenvalue weighted by Crippen LogP contribution is 2.37. The second-order valence-corrected chi connectivity index (χ2v) is 6.19. The largest absolute Gasteiger partial charge is 0.396 e. The molecule has 18 heavy (non-hydrogen) atoms. The standard InChI is InChI=1S/C14H27NO3/c1-13(2,6-5-9-16)11-15-12(17)10-14(18-3)7-4-8-14/h16H,4-11H2,1-3H3,(H,15,17). The van der Waals surface area contributed by atoms with Crippen LogP contribution in [0.2, 0.25) is 0 Å². The first kappa shape index (κ1) is 15.4. The molecule has 0 unspecified atom stereocenters. The van der Waals surface area contributed by atoms with Gasteiger partial charge in [0.1, 0.15) is 0 Å². The zero-order chi connectivity index (χ0) is 13.6. The van der Waals surface area contributed by atoms with Gasteiger partial charge in [0.05, 0.1) is 12.0 Å². The Labute approximate surface area is 110 Å². The van der Waals surface area contributed by atoms with Crippen LogP contribution in [0, 0.1) is 5.41 Å². The molecule has 1 amide bonds. The number of rotatable bonds is 8. The Kier molecular flexibility index (Phi) is 5.60. The van der Waals surface area contributed by atoms with Crippen molar-refractivity contribution in [1.82, 2.24) is 5.32 Å². The average molecular weight is 257 g/mol. The molecule has 0 atom stereocenters. The summed E-state index contributed by atoms with van der Waals surface area (Å²) in [6.07, 6.45) is 5.31. The van der Waals surface area contributed by atoms with Gasteiger partial charge in [-0.05, 0) is 37.5 Å². The lowest BCUT2D eigenvalue weighted by molar-refractivity contribution is -0.134. The van der Waals surface area contributed by atoms with Crippen molar-refractivity contribution >= 4 is 5.91 Å². The van der Waals surface area contributed by atoms with E-state index in [-0.39, 0.29) is 23.5 Å². The van der Waals surface area contributed by atoms with Crippen molar-refractivity contribution in [2.45, 2.75) is 58.0 Å². The molecule has 1 saturated carbocycles. The summed E-state index contributed by atoms with van der Waals surface area (Å²) in [7, 11) is 1.69. The van der Waals surface area contributed by atoms with Crippen molar-refractivity contribution in [2.75, 3.05) is 20.3 Å². The third-order valence-corrected chi connectivity index (χ3v) is 3.96. The molecule has 0 aromatic heterocycles. The molecule has 0 saturated heterocycles. The maximum atomic E-state index is 11.9. The third kappa shape index (κ3) is 4.58. The van der Waals surface area contributed by atoms with Crippen LogP contribution in [0.25, 0.3) is 0 Å². The van der Waals surface area contributed by atoms with E-state index in [4.69, 9.17) is 9.84 Å². The van der Waals surface area contributed by atoms with E-state index in [1.165, 1.54) is 0 Å². The highest BCUT2D eigenvalue weighted by molar-refractivity contribution is 5.77. The minimum Gasteiger partial charge on any atom is -0.396 e. The topological polar surface area (TPSA) is 58.6 Å². The molecule has 1 fully saturated rings. The van der Waals surface area contributed by atoms with Gasteiger partial charge >= 0.3 is 0 Å². The Morgan fingerprint density at radius 3 is 2.56 bits per heavy atom. The predicted octanol–water partition coefficient (Wildman–Crippen LogP) is 1.86. The van der Waals surface area contributed by atoms with Crippen LogP contribution in [-0.2, 0) is 9.53 Å². The molecule has 0 heterocycles. The Morgan fingerprint density at radius 1 is 1.44 bits per heavy atom. The average Bonchev–Trinajstić information content (AvgIpc) is 2.29. The van der Waals surface area contributed by atoms with Crippen molar-refractivity contribution in [3.8, 4) is 0 Å². The van der Waals surface area contributed by atoms with E-state index < -0.39 is 0 Å². The van der Waals surface area contributed by atoms with Crippen LogP contribution in [0.5, 0.6) is 0 Å². The Bertz CT molecular complexity index is 267. The molecule has 106 valence electrons. The van der Waals surface area contributed by atoms with Crippen LogP contribution >= 0.6 is 0 Å². The number of hydrogen-bond donors (Lipinski definition) is 2. The van der Waals surface area contributed by atoms with Crippen LogP contribution in [0.3, 0.4) is 0 Å². The molecule has 1 aliphatic rings. The third-order valence-electron chi connectivity index (χ3n) is 3.96. The van der Waals surface area contributed by atoms with Crippen LogP contribution in [0.4, 0.5) is 0 Å². The number of methoxy groups -OCH3 is 1. The number of hydrogen-bond acceptors (Lipinski definition) is 3. The van der Waals surface area contributed by atoms with E-state index in [1.807, 2.05) is 0 Å². The normalized spacial score (nSPS) is 18.2. The Morgan fingerprint density at radius 2 is 2.11 bits per heavy atom. The van der Waals surface area contributed by atoms with E-state index in [1.54, 1.807) is 7.11 Å². The van der Waals surface area contributed by atoms with Crippen molar-refractivity contribution < 1.29 is 14.6 Å². The second kappa shape index (κ2) is 6.53. The van der Waals surface area contributed by atoms with E-state index in [0.717, 1.165) is 32.1 Å². The van der Waals surface area contributed by atoms with Crippen LogP contribution in [-0.4, -0.2) is 36.9 Å². The highest BCUT2D eigenvalue weighted by atomic mass is 16.5. The van der Waals surface area contributed by atoms with Gasteiger partial charge in [-0.3, -0.25) is 4.79 Å². The first-order valence-electron chi connectivity index (χ1n) is 6.86. The van der Waals surface area contributed by atoms with Crippen molar-refractivity contribution in [2.24, 2.45) is 5.41 Å². The van der Waals surface area contributed by atoms with Gasteiger partial charge in [-0.1, -0.05) is 13.8 Å². The highest BCUT2D eigenvalue weighted by Gasteiger charge is 2.39. The predicted molar refractivity (Wildman–Crippen MR) is 71.3 cm³/mol. The summed E-state index contributed by atoms with van der Waals surface area (Å²) >= 11 is 0. The zero-order valence-electron chi connectivity index (χ0n) is 11.9. The lowest BCUT2D eigenvalue weighted by Crippen LogP contribution is -2.45. The van der Waals surface area contributed by atoms with Crippen molar-refractivity contribution in [3.63, 3.8) is 0 Å². The van der Waals surface area contributed by atoms with Gasteiger partial charge in [0, 0.05) is 20.3 Å². The van der Waals surface area contributed by atoms with Gasteiger partial charge in [-0.2, -0.15) is 0 Å². The molecule has 0 aromatic carbocycles. The summed E-state index contributed by atoms with van der Waals surface area (Å²) in [6, 6.07) is 0. The maximum absolute atomic E-state index is 11.9. The summed E-state index contributed by atoms with van der Waals surface area (Å²) in [5.74, 6) is 0.0774. The number of ether oxygens (including phenoxy) is 1. The minimum atomic E-state index is -0.195. The molecule has 0 aromatic rings. The van der Waals surface area contributed by atoms with Gasteiger partial charge in [0.25, 0.3) is 0 Å². The smallest absolute Gasteiger partial charge is 0.222 e. The number of aliphatic hydroxyl groups excluding tert-OH is 1. The number of aliphatic hydroxyl groups is 1. The van der Waals surface area contributed by atoms with Crippen LogP contribution < -0.4 is 5.32 Å². The summed E-state index contributed by atoms with van der Waals surface area (Å²) in [5.41, 5.74) is -0.155. The molecule has 0 aliphatic heterocycles. The van der Waals surface area contributed by atoms with Gasteiger partial charge in [0.2, 0.25) is 5.91 Å².